The minimum atomic E-state index is 0.879. The topological polar surface area (TPSA) is 17.8 Å². The van der Waals surface area contributed by atoms with E-state index in [2.05, 4.69) is 116 Å². The Labute approximate surface area is 200 Å². The average Bonchev–Trinajstić information content (AvgIpc) is 3.21. The van der Waals surface area contributed by atoms with Gasteiger partial charge in [0.05, 0.1) is 11.0 Å². The Kier molecular flexibility index (Phi) is 6.06. The molecule has 0 radical (unpaired) electrons. The molecule has 0 saturated carbocycles. The van der Waals surface area contributed by atoms with Crippen LogP contribution in [0.25, 0.3) is 33.5 Å². The number of hydrogen-bond acceptors (Lipinski definition) is 2. The molecule has 0 aliphatic heterocycles. The Balaban J connectivity index is 1.56. The lowest BCUT2D eigenvalue weighted by Crippen LogP contribution is -1.99. The van der Waals surface area contributed by atoms with Crippen molar-refractivity contribution in [2.75, 3.05) is 0 Å². The molecule has 0 fully saturated rings. The Morgan fingerprint density at radius 2 is 1.52 bits per heavy atom. The van der Waals surface area contributed by atoms with Crippen LogP contribution in [-0.2, 0) is 12.3 Å². The Hall–Kier alpha value is -3.30. The quantitative estimate of drug-likeness (QED) is 0.243. The van der Waals surface area contributed by atoms with Crippen molar-refractivity contribution in [2.45, 2.75) is 38.0 Å². The van der Waals surface area contributed by atoms with Crippen molar-refractivity contribution >= 4 is 22.8 Å². The summed E-state index contributed by atoms with van der Waals surface area (Å²) in [5, 5.41) is 0. The summed E-state index contributed by atoms with van der Waals surface area (Å²) >= 11 is 1.86. The molecule has 0 bridgehead atoms. The van der Waals surface area contributed by atoms with Crippen molar-refractivity contribution in [3.05, 3.63) is 108 Å². The van der Waals surface area contributed by atoms with Crippen LogP contribution >= 0.6 is 11.8 Å². The zero-order valence-corrected chi connectivity index (χ0v) is 20.2. The van der Waals surface area contributed by atoms with Gasteiger partial charge in [-0.25, -0.2) is 4.98 Å². The molecule has 4 aromatic carbocycles. The highest BCUT2D eigenvalue weighted by atomic mass is 32.2. The number of thioether (sulfide) groups is 1. The maximum Gasteiger partial charge on any atom is 0.141 e. The third-order valence-electron chi connectivity index (χ3n) is 6.12. The van der Waals surface area contributed by atoms with Gasteiger partial charge in [0.15, 0.2) is 0 Å². The van der Waals surface area contributed by atoms with E-state index >= 15 is 0 Å². The van der Waals surface area contributed by atoms with E-state index in [1.54, 1.807) is 0 Å². The van der Waals surface area contributed by atoms with Crippen LogP contribution in [0.2, 0.25) is 0 Å². The van der Waals surface area contributed by atoms with Gasteiger partial charge in [-0.2, -0.15) is 0 Å². The van der Waals surface area contributed by atoms with Crippen LogP contribution in [0, 0.1) is 13.8 Å². The van der Waals surface area contributed by atoms with E-state index in [1.165, 1.54) is 43.8 Å². The molecule has 0 N–H and O–H groups in total. The van der Waals surface area contributed by atoms with Crippen LogP contribution in [-0.4, -0.2) is 9.55 Å². The predicted octanol–water partition coefficient (Wildman–Crippen LogP) is 8.30. The SMILES string of the molecule is CCn1c(-c2ccccc2-c2ccc(C)cc2C)nc2cc(SCc3ccccc3)ccc21. The number of aromatic nitrogens is 2. The number of benzene rings is 4. The van der Waals surface area contributed by atoms with Crippen molar-refractivity contribution in [3.63, 3.8) is 0 Å². The van der Waals surface area contributed by atoms with Gasteiger partial charge in [-0.3, -0.25) is 0 Å². The summed E-state index contributed by atoms with van der Waals surface area (Å²) in [5.74, 6) is 2.00. The number of fused-ring (bicyclic) bond motifs is 1. The number of rotatable bonds is 6. The molecule has 0 unspecified atom stereocenters. The summed E-state index contributed by atoms with van der Waals surface area (Å²) < 4.78 is 2.34. The van der Waals surface area contributed by atoms with E-state index < -0.39 is 0 Å². The standard InChI is InChI=1S/C30H28N2S/c1-4-32-29-17-15-24(33-20-23-10-6-5-7-11-23)19-28(29)31-30(32)27-13-9-8-12-26(27)25-16-14-21(2)18-22(25)3/h5-19H,4,20H2,1-3H3. The molecule has 2 nitrogen and oxygen atoms in total. The number of aryl methyl sites for hydroxylation is 3. The summed E-state index contributed by atoms with van der Waals surface area (Å²) in [6.07, 6.45) is 0. The highest BCUT2D eigenvalue weighted by Crippen LogP contribution is 2.36. The first-order valence-corrected chi connectivity index (χ1v) is 12.5. The van der Waals surface area contributed by atoms with Crippen LogP contribution in [0.3, 0.4) is 0 Å². The smallest absolute Gasteiger partial charge is 0.141 e. The molecule has 0 aliphatic rings. The van der Waals surface area contributed by atoms with E-state index in [1.807, 2.05) is 11.8 Å². The largest absolute Gasteiger partial charge is 0.324 e. The van der Waals surface area contributed by atoms with Crippen molar-refractivity contribution in [2.24, 2.45) is 0 Å². The minimum Gasteiger partial charge on any atom is -0.324 e. The second kappa shape index (κ2) is 9.29. The van der Waals surface area contributed by atoms with Gasteiger partial charge in [-0.1, -0.05) is 78.4 Å². The first-order chi connectivity index (χ1) is 16.1. The predicted molar refractivity (Wildman–Crippen MR) is 142 cm³/mol. The summed E-state index contributed by atoms with van der Waals surface area (Å²) in [5.41, 5.74) is 9.85. The second-order valence-corrected chi connectivity index (χ2v) is 9.52. The third kappa shape index (κ3) is 4.34. The number of hydrogen-bond donors (Lipinski definition) is 0. The Bertz CT molecular complexity index is 1420. The molecule has 1 heterocycles. The summed E-state index contributed by atoms with van der Waals surface area (Å²) in [6, 6.07) is 32.6. The summed E-state index contributed by atoms with van der Waals surface area (Å²) in [6.45, 7) is 7.41. The zero-order valence-electron chi connectivity index (χ0n) is 19.4. The molecular weight excluding hydrogens is 420 g/mol. The van der Waals surface area contributed by atoms with Crippen molar-refractivity contribution in [1.82, 2.24) is 9.55 Å². The van der Waals surface area contributed by atoms with E-state index in [-0.39, 0.29) is 0 Å². The monoisotopic (exact) mass is 448 g/mol. The second-order valence-electron chi connectivity index (χ2n) is 8.47. The molecule has 164 valence electrons. The van der Waals surface area contributed by atoms with Gasteiger partial charge in [0.1, 0.15) is 5.82 Å². The summed E-state index contributed by atoms with van der Waals surface area (Å²) in [7, 11) is 0. The van der Waals surface area contributed by atoms with E-state index in [0.29, 0.717) is 0 Å². The van der Waals surface area contributed by atoms with Crippen LogP contribution in [0.5, 0.6) is 0 Å². The van der Waals surface area contributed by atoms with Gasteiger partial charge in [0, 0.05) is 22.8 Å². The molecule has 33 heavy (non-hydrogen) atoms. The molecule has 5 rings (SSSR count). The third-order valence-corrected chi connectivity index (χ3v) is 7.19. The number of nitrogens with zero attached hydrogens (tertiary/aromatic N) is 2. The van der Waals surface area contributed by atoms with Gasteiger partial charge in [-0.05, 0) is 61.2 Å². The number of imidazole rings is 1. The highest BCUT2D eigenvalue weighted by molar-refractivity contribution is 7.98. The van der Waals surface area contributed by atoms with Crippen LogP contribution < -0.4 is 0 Å². The van der Waals surface area contributed by atoms with E-state index in [0.717, 1.165) is 23.6 Å². The molecule has 0 atom stereocenters. The molecular formula is C30H28N2S. The average molecular weight is 449 g/mol. The normalized spacial score (nSPS) is 11.2. The maximum absolute atomic E-state index is 5.15. The van der Waals surface area contributed by atoms with Crippen molar-refractivity contribution < 1.29 is 0 Å². The molecule has 1 aromatic heterocycles. The fourth-order valence-electron chi connectivity index (χ4n) is 4.49. The molecule has 3 heteroatoms. The maximum atomic E-state index is 5.15. The molecule has 0 amide bonds. The van der Waals surface area contributed by atoms with Gasteiger partial charge >= 0.3 is 0 Å². The molecule has 0 aliphatic carbocycles. The van der Waals surface area contributed by atoms with Crippen LogP contribution in [0.1, 0.15) is 23.6 Å². The van der Waals surface area contributed by atoms with Crippen LogP contribution in [0.4, 0.5) is 0 Å². The van der Waals surface area contributed by atoms with Gasteiger partial charge in [-0.15, -0.1) is 11.8 Å². The lowest BCUT2D eigenvalue weighted by Gasteiger charge is -2.14. The van der Waals surface area contributed by atoms with E-state index in [9.17, 15) is 0 Å². The molecule has 5 aromatic rings. The Morgan fingerprint density at radius 1 is 0.758 bits per heavy atom. The highest BCUT2D eigenvalue weighted by Gasteiger charge is 2.17. The zero-order chi connectivity index (χ0) is 22.8. The van der Waals surface area contributed by atoms with E-state index in [4.69, 9.17) is 4.98 Å². The fraction of sp³-hybridized carbons (Fsp3) is 0.167. The van der Waals surface area contributed by atoms with Gasteiger partial charge in [0.25, 0.3) is 0 Å². The first-order valence-electron chi connectivity index (χ1n) is 11.5. The first kappa shape index (κ1) is 21.5. The van der Waals surface area contributed by atoms with Gasteiger partial charge in [0.2, 0.25) is 0 Å². The minimum absolute atomic E-state index is 0.879. The van der Waals surface area contributed by atoms with Crippen LogP contribution in [0.15, 0.2) is 95.9 Å². The lowest BCUT2D eigenvalue weighted by molar-refractivity contribution is 0.796. The Morgan fingerprint density at radius 3 is 2.27 bits per heavy atom. The fourth-order valence-corrected chi connectivity index (χ4v) is 5.38. The molecule has 0 saturated heterocycles. The van der Waals surface area contributed by atoms with Gasteiger partial charge < -0.3 is 4.57 Å². The summed E-state index contributed by atoms with van der Waals surface area (Å²) in [4.78, 5) is 6.40. The van der Waals surface area contributed by atoms with Crippen molar-refractivity contribution in [1.29, 1.82) is 0 Å². The molecule has 0 spiro atoms. The van der Waals surface area contributed by atoms with Crippen molar-refractivity contribution in [3.8, 4) is 22.5 Å². The lowest BCUT2D eigenvalue weighted by atomic mass is 9.94.